The normalized spacial score (nSPS) is 17.9. The third-order valence-corrected chi connectivity index (χ3v) is 5.86. The van der Waals surface area contributed by atoms with Crippen LogP contribution in [0.4, 0.5) is 0 Å². The molecule has 7 aromatic rings. The van der Waals surface area contributed by atoms with Gasteiger partial charge in [0.05, 0.1) is 37.3 Å². The smallest absolute Gasteiger partial charge is 0.111 e. The molecule has 6 aromatic carbocycles. The number of hydrogen-bond acceptors (Lipinski definition) is 1. The zero-order chi connectivity index (χ0) is 35.7. The maximum atomic E-state index is 9.19. The summed E-state index contributed by atoms with van der Waals surface area (Å²) in [7, 11) is 0. The van der Waals surface area contributed by atoms with Crippen molar-refractivity contribution in [1.29, 1.82) is 0 Å². The molecule has 0 amide bonds. The maximum absolute atomic E-state index is 9.19. The minimum absolute atomic E-state index is 0.0418. The molecule has 0 radical (unpaired) electrons. The van der Waals surface area contributed by atoms with Crippen LogP contribution < -0.4 is 0 Å². The highest BCUT2D eigenvalue weighted by Gasteiger charge is 2.20. The molecule has 2 heteroatoms. The molecule has 0 aliphatic carbocycles. The highest BCUT2D eigenvalue weighted by atomic mass is 15.1. The second-order valence-electron chi connectivity index (χ2n) is 7.71. The predicted octanol–water partition coefficient (Wildman–Crippen LogP) is 8.46. The lowest BCUT2D eigenvalue weighted by atomic mass is 9.88. The van der Waals surface area contributed by atoms with Gasteiger partial charge < -0.3 is 0 Å². The average molecular weight is 450 g/mol. The van der Waals surface area contributed by atoms with Crippen LogP contribution in [0.5, 0.6) is 0 Å². The third-order valence-electron chi connectivity index (χ3n) is 5.86. The second-order valence-corrected chi connectivity index (χ2v) is 7.71. The first-order valence-corrected chi connectivity index (χ1v) is 10.4. The molecule has 7 rings (SSSR count). The maximum Gasteiger partial charge on any atom is 0.111 e. The van der Waals surface area contributed by atoms with Crippen LogP contribution in [-0.4, -0.2) is 9.55 Å². The van der Waals surface area contributed by atoms with Gasteiger partial charge in [-0.1, -0.05) is 103 Å². The predicted molar refractivity (Wildman–Crippen MR) is 144 cm³/mol. The van der Waals surface area contributed by atoms with Gasteiger partial charge >= 0.3 is 0 Å². The quantitative estimate of drug-likeness (QED) is 0.242. The van der Waals surface area contributed by atoms with Gasteiger partial charge in [0.15, 0.2) is 0 Å². The molecule has 0 atom stereocenters. The Kier molecular flexibility index (Phi) is 2.02. The lowest BCUT2D eigenvalue weighted by Crippen LogP contribution is -2.01. The van der Waals surface area contributed by atoms with E-state index in [0.717, 1.165) is 0 Å². The summed E-state index contributed by atoms with van der Waals surface area (Å²) in [5, 5.41) is -1.87. The van der Waals surface area contributed by atoms with Gasteiger partial charge in [0, 0.05) is 10.8 Å². The minimum Gasteiger partial charge on any atom is -0.295 e. The van der Waals surface area contributed by atoms with Crippen LogP contribution >= 0.6 is 0 Å². The Morgan fingerprint density at radius 3 is 1.97 bits per heavy atom. The van der Waals surface area contributed by atoms with Crippen molar-refractivity contribution in [3.63, 3.8) is 0 Å². The van der Waals surface area contributed by atoms with Gasteiger partial charge in [-0.2, -0.15) is 0 Å². The Balaban J connectivity index is 1.96. The zero-order valence-electron chi connectivity index (χ0n) is 32.7. The van der Waals surface area contributed by atoms with Crippen LogP contribution in [0.2, 0.25) is 0 Å². The zero-order valence-corrected chi connectivity index (χ0v) is 17.7. The first kappa shape index (κ1) is 9.44. The second kappa shape index (κ2) is 7.29. The van der Waals surface area contributed by atoms with Crippen LogP contribution in [0, 0.1) is 6.92 Å². The average Bonchev–Trinajstić information content (AvgIpc) is 3.42. The van der Waals surface area contributed by atoms with E-state index < -0.39 is 107 Å². The molecule has 160 valence electrons. The number of para-hydroxylation sites is 2. The SMILES string of the molecule is [2H]c1c([2H])c([2H])c2c(-c3c4c([2H])c([2H])c([2H])c([2H])c4c(-n4c(C)nc5ccccc54)c4c([2H])c([2H])c([2H])c([2H])c34)c([2H])c([2H])c([2H])c2c1[2H]. The monoisotopic (exact) mass is 449 g/mol. The van der Waals surface area contributed by atoms with Gasteiger partial charge in [0.2, 0.25) is 0 Å². The first-order valence-electron chi connectivity index (χ1n) is 17.9. The molecule has 0 saturated heterocycles. The van der Waals surface area contributed by atoms with E-state index in [1.54, 1.807) is 35.8 Å². The summed E-state index contributed by atoms with van der Waals surface area (Å²) >= 11 is 0. The van der Waals surface area contributed by atoms with E-state index in [9.17, 15) is 5.48 Å². The van der Waals surface area contributed by atoms with Gasteiger partial charge in [-0.05, 0) is 51.7 Å². The standard InChI is InChI=1S/C32H22N2/c1-21-33-29-19-8-9-20-30(29)34(21)32-27-16-6-4-14-25(27)31(26-15-5-7-17-28(26)32)24-18-10-12-22-11-2-3-13-23(22)24/h2-20H,1H3/i2D,3D,4D,5D,6D,7D,10D,11D,12D,13D,14D,15D,16D,17D,18D. The molecule has 0 fully saturated rings. The van der Waals surface area contributed by atoms with Crippen molar-refractivity contribution in [3.8, 4) is 16.8 Å². The van der Waals surface area contributed by atoms with Crippen molar-refractivity contribution in [2.24, 2.45) is 0 Å². The van der Waals surface area contributed by atoms with E-state index in [0.29, 0.717) is 16.9 Å². The van der Waals surface area contributed by atoms with Crippen molar-refractivity contribution < 1.29 is 20.6 Å². The number of fused-ring (bicyclic) bond motifs is 4. The fraction of sp³-hybridized carbons (Fsp3) is 0.0312. The first-order chi connectivity index (χ1) is 23.0. The van der Waals surface area contributed by atoms with Crippen LogP contribution in [-0.2, 0) is 0 Å². The van der Waals surface area contributed by atoms with E-state index in [1.165, 1.54) is 0 Å². The molecular formula is C32H22N2. The number of aryl methyl sites for hydroxylation is 1. The van der Waals surface area contributed by atoms with Crippen LogP contribution in [0.3, 0.4) is 0 Å². The molecule has 2 nitrogen and oxygen atoms in total. The Morgan fingerprint density at radius 2 is 1.24 bits per heavy atom. The molecule has 0 N–H and O–H groups in total. The number of benzene rings is 6. The van der Waals surface area contributed by atoms with Crippen LogP contribution in [0.15, 0.2) is 115 Å². The summed E-state index contributed by atoms with van der Waals surface area (Å²) in [6, 6.07) is -3.32. The fourth-order valence-electron chi connectivity index (χ4n) is 4.51. The van der Waals surface area contributed by atoms with E-state index in [2.05, 4.69) is 4.98 Å². The lowest BCUT2D eigenvalue weighted by Gasteiger charge is -2.20. The molecule has 0 bridgehead atoms. The molecule has 0 aliphatic heterocycles. The minimum atomic E-state index is -0.754. The lowest BCUT2D eigenvalue weighted by molar-refractivity contribution is 1.02. The van der Waals surface area contributed by atoms with Gasteiger partial charge in [0.25, 0.3) is 0 Å². The molecule has 0 saturated carbocycles. The number of hydrogen-bond donors (Lipinski definition) is 0. The summed E-state index contributed by atoms with van der Waals surface area (Å²) in [4.78, 5) is 4.60. The Morgan fingerprint density at radius 1 is 0.647 bits per heavy atom. The third kappa shape index (κ3) is 2.66. The summed E-state index contributed by atoms with van der Waals surface area (Å²) < 4.78 is 134. The van der Waals surface area contributed by atoms with Crippen molar-refractivity contribution in [1.82, 2.24) is 9.55 Å². The van der Waals surface area contributed by atoms with Gasteiger partial charge in [-0.25, -0.2) is 4.98 Å². The fourth-order valence-corrected chi connectivity index (χ4v) is 4.51. The van der Waals surface area contributed by atoms with Gasteiger partial charge in [0.1, 0.15) is 5.82 Å². The highest BCUT2D eigenvalue weighted by Crippen LogP contribution is 2.43. The van der Waals surface area contributed by atoms with Gasteiger partial charge in [-0.3, -0.25) is 4.57 Å². The molecule has 1 aromatic heterocycles. The van der Waals surface area contributed by atoms with E-state index in [1.807, 2.05) is 0 Å². The summed E-state index contributed by atoms with van der Waals surface area (Å²) in [5.74, 6) is 0.323. The van der Waals surface area contributed by atoms with E-state index in [-0.39, 0.29) is 32.8 Å². The van der Waals surface area contributed by atoms with Crippen molar-refractivity contribution >= 4 is 43.4 Å². The van der Waals surface area contributed by atoms with Crippen LogP contribution in [0.25, 0.3) is 60.2 Å². The molecule has 1 heterocycles. The molecule has 0 unspecified atom stereocenters. The number of rotatable bonds is 2. The van der Waals surface area contributed by atoms with Crippen LogP contribution in [0.1, 0.15) is 26.4 Å². The van der Waals surface area contributed by atoms with Crippen molar-refractivity contribution in [2.75, 3.05) is 0 Å². The number of imidazole rings is 1. The van der Waals surface area contributed by atoms with Crippen molar-refractivity contribution in [3.05, 3.63) is 121 Å². The summed E-state index contributed by atoms with van der Waals surface area (Å²) in [6.45, 7) is 1.63. The Hall–Kier alpha value is -4.43. The Labute approximate surface area is 218 Å². The van der Waals surface area contributed by atoms with E-state index >= 15 is 0 Å². The molecule has 0 spiro atoms. The molecule has 0 aliphatic rings. The van der Waals surface area contributed by atoms with Crippen molar-refractivity contribution in [2.45, 2.75) is 6.92 Å². The topological polar surface area (TPSA) is 17.8 Å². The number of nitrogens with zero attached hydrogens (tertiary/aromatic N) is 2. The largest absolute Gasteiger partial charge is 0.295 e. The number of aromatic nitrogens is 2. The molecular weight excluding hydrogens is 412 g/mol. The summed E-state index contributed by atoms with van der Waals surface area (Å²) in [6.07, 6.45) is 0. The molecule has 34 heavy (non-hydrogen) atoms. The van der Waals surface area contributed by atoms with E-state index in [4.69, 9.17) is 15.1 Å². The Bertz CT molecular complexity index is 2590. The summed E-state index contributed by atoms with van der Waals surface area (Å²) in [5.41, 5.74) is 0.116. The van der Waals surface area contributed by atoms with Gasteiger partial charge in [-0.15, -0.1) is 0 Å². The highest BCUT2D eigenvalue weighted by molar-refractivity contribution is 6.21.